The first-order valence-electron chi connectivity index (χ1n) is 5.05. The standard InChI is InChI=1S/C12H15NO/c1-3-12(2)8-9-6-4-5-7-10(9)11(14)13-12/h4-7H,3,8H2,1-2H3,(H,13,14)/t12-/m1/s1. The van der Waals surface area contributed by atoms with E-state index in [0.717, 1.165) is 18.4 Å². The van der Waals surface area contributed by atoms with Gasteiger partial charge in [-0.15, -0.1) is 0 Å². The van der Waals surface area contributed by atoms with Gasteiger partial charge in [-0.2, -0.15) is 0 Å². The minimum Gasteiger partial charge on any atom is -0.347 e. The van der Waals surface area contributed by atoms with Gasteiger partial charge in [0.25, 0.3) is 5.91 Å². The monoisotopic (exact) mass is 189 g/mol. The Labute approximate surface area is 84.3 Å². The van der Waals surface area contributed by atoms with Gasteiger partial charge < -0.3 is 5.32 Å². The Morgan fingerprint density at radius 1 is 1.43 bits per heavy atom. The van der Waals surface area contributed by atoms with Crippen LogP contribution >= 0.6 is 0 Å². The Kier molecular flexibility index (Phi) is 2.06. The number of fused-ring (bicyclic) bond motifs is 1. The van der Waals surface area contributed by atoms with Gasteiger partial charge in [-0.1, -0.05) is 25.1 Å². The molecule has 0 saturated carbocycles. The SMILES string of the molecule is CC[C@]1(C)Cc2ccccc2C(=O)N1. The third-order valence-corrected chi connectivity index (χ3v) is 3.04. The molecule has 2 nitrogen and oxygen atoms in total. The Hall–Kier alpha value is -1.31. The summed E-state index contributed by atoms with van der Waals surface area (Å²) in [5.41, 5.74) is 1.94. The quantitative estimate of drug-likeness (QED) is 0.720. The largest absolute Gasteiger partial charge is 0.347 e. The first-order chi connectivity index (χ1) is 6.64. The lowest BCUT2D eigenvalue weighted by atomic mass is 9.84. The van der Waals surface area contributed by atoms with E-state index < -0.39 is 0 Å². The van der Waals surface area contributed by atoms with Gasteiger partial charge in [0.05, 0.1) is 0 Å². The van der Waals surface area contributed by atoms with Crippen molar-refractivity contribution < 1.29 is 4.79 Å². The second-order valence-electron chi connectivity index (χ2n) is 4.20. The smallest absolute Gasteiger partial charge is 0.251 e. The van der Waals surface area contributed by atoms with Crippen LogP contribution in [0.4, 0.5) is 0 Å². The highest BCUT2D eigenvalue weighted by molar-refractivity contribution is 5.97. The number of carbonyl (C=O) groups is 1. The summed E-state index contributed by atoms with van der Waals surface area (Å²) in [6.45, 7) is 4.20. The van der Waals surface area contributed by atoms with Crippen molar-refractivity contribution >= 4 is 5.91 Å². The van der Waals surface area contributed by atoms with E-state index in [-0.39, 0.29) is 11.4 Å². The van der Waals surface area contributed by atoms with E-state index in [9.17, 15) is 4.79 Å². The van der Waals surface area contributed by atoms with Crippen LogP contribution in [0.1, 0.15) is 36.2 Å². The van der Waals surface area contributed by atoms with E-state index in [1.165, 1.54) is 5.56 Å². The molecule has 14 heavy (non-hydrogen) atoms. The third kappa shape index (κ3) is 1.41. The molecule has 0 unspecified atom stereocenters. The van der Waals surface area contributed by atoms with Gasteiger partial charge in [0.1, 0.15) is 0 Å². The summed E-state index contributed by atoms with van der Waals surface area (Å²) < 4.78 is 0. The molecule has 0 saturated heterocycles. The molecular weight excluding hydrogens is 174 g/mol. The number of hydrogen-bond acceptors (Lipinski definition) is 1. The van der Waals surface area contributed by atoms with Gasteiger partial charge in [0.2, 0.25) is 0 Å². The van der Waals surface area contributed by atoms with Gasteiger partial charge in [-0.25, -0.2) is 0 Å². The minimum absolute atomic E-state index is 0.0641. The molecule has 74 valence electrons. The molecule has 0 fully saturated rings. The van der Waals surface area contributed by atoms with Crippen LogP contribution in [0.3, 0.4) is 0 Å². The van der Waals surface area contributed by atoms with E-state index in [1.807, 2.05) is 24.3 Å². The highest BCUT2D eigenvalue weighted by Gasteiger charge is 2.31. The van der Waals surface area contributed by atoms with E-state index in [0.29, 0.717) is 0 Å². The van der Waals surface area contributed by atoms with Crippen LogP contribution in [-0.2, 0) is 6.42 Å². The average molecular weight is 189 g/mol. The molecule has 1 amide bonds. The minimum atomic E-state index is -0.0641. The zero-order valence-electron chi connectivity index (χ0n) is 8.63. The lowest BCUT2D eigenvalue weighted by Gasteiger charge is -2.34. The average Bonchev–Trinajstić information content (AvgIpc) is 2.18. The molecular formula is C12H15NO. The summed E-state index contributed by atoms with van der Waals surface area (Å²) in [5, 5.41) is 3.06. The molecule has 1 atom stereocenters. The molecule has 0 aliphatic carbocycles. The Morgan fingerprint density at radius 2 is 2.14 bits per heavy atom. The van der Waals surface area contributed by atoms with Crippen molar-refractivity contribution in [3.8, 4) is 0 Å². The third-order valence-electron chi connectivity index (χ3n) is 3.04. The number of nitrogens with one attached hydrogen (secondary N) is 1. The highest BCUT2D eigenvalue weighted by atomic mass is 16.1. The normalized spacial score (nSPS) is 25.4. The fraction of sp³-hybridized carbons (Fsp3) is 0.417. The fourth-order valence-electron chi connectivity index (χ4n) is 1.92. The van der Waals surface area contributed by atoms with Crippen molar-refractivity contribution in [2.75, 3.05) is 0 Å². The highest BCUT2D eigenvalue weighted by Crippen LogP contribution is 2.24. The van der Waals surface area contributed by atoms with Crippen LogP contribution in [0.2, 0.25) is 0 Å². The zero-order chi connectivity index (χ0) is 10.2. The molecule has 0 bridgehead atoms. The summed E-state index contributed by atoms with van der Waals surface area (Å²) in [5.74, 6) is 0.0659. The molecule has 1 aromatic rings. The number of amides is 1. The first-order valence-corrected chi connectivity index (χ1v) is 5.05. The second kappa shape index (κ2) is 3.12. The lowest BCUT2D eigenvalue weighted by Crippen LogP contribution is -2.50. The molecule has 1 aromatic carbocycles. The van der Waals surface area contributed by atoms with Crippen molar-refractivity contribution in [3.63, 3.8) is 0 Å². The molecule has 1 aliphatic heterocycles. The van der Waals surface area contributed by atoms with Crippen LogP contribution in [0.5, 0.6) is 0 Å². The number of carbonyl (C=O) groups excluding carboxylic acids is 1. The van der Waals surface area contributed by atoms with Crippen LogP contribution in [0.15, 0.2) is 24.3 Å². The van der Waals surface area contributed by atoms with Gasteiger partial charge in [-0.3, -0.25) is 4.79 Å². The maximum Gasteiger partial charge on any atom is 0.251 e. The molecule has 0 aromatic heterocycles. The van der Waals surface area contributed by atoms with E-state index in [4.69, 9.17) is 0 Å². The van der Waals surface area contributed by atoms with Crippen LogP contribution in [0, 0.1) is 0 Å². The van der Waals surface area contributed by atoms with Gasteiger partial charge in [0, 0.05) is 11.1 Å². The molecule has 2 heteroatoms. The van der Waals surface area contributed by atoms with Gasteiger partial charge >= 0.3 is 0 Å². The molecule has 1 N–H and O–H groups in total. The predicted molar refractivity (Wildman–Crippen MR) is 56.3 cm³/mol. The van der Waals surface area contributed by atoms with Crippen molar-refractivity contribution in [1.82, 2.24) is 5.32 Å². The number of hydrogen-bond donors (Lipinski definition) is 1. The molecule has 1 aliphatic rings. The maximum absolute atomic E-state index is 11.7. The topological polar surface area (TPSA) is 29.1 Å². The van der Waals surface area contributed by atoms with Crippen LogP contribution < -0.4 is 5.32 Å². The summed E-state index contributed by atoms with van der Waals surface area (Å²) in [6, 6.07) is 7.84. The zero-order valence-corrected chi connectivity index (χ0v) is 8.63. The van der Waals surface area contributed by atoms with Crippen molar-refractivity contribution in [1.29, 1.82) is 0 Å². The van der Waals surface area contributed by atoms with Crippen molar-refractivity contribution in [2.45, 2.75) is 32.2 Å². The fourth-order valence-corrected chi connectivity index (χ4v) is 1.92. The summed E-state index contributed by atoms with van der Waals surface area (Å²) in [4.78, 5) is 11.7. The molecule has 2 rings (SSSR count). The van der Waals surface area contributed by atoms with Crippen molar-refractivity contribution in [2.24, 2.45) is 0 Å². The summed E-state index contributed by atoms with van der Waals surface area (Å²) in [6.07, 6.45) is 1.90. The van der Waals surface area contributed by atoms with E-state index >= 15 is 0 Å². The van der Waals surface area contributed by atoms with Crippen LogP contribution in [0.25, 0.3) is 0 Å². The Balaban J connectivity index is 2.43. The molecule has 0 radical (unpaired) electrons. The van der Waals surface area contributed by atoms with E-state index in [2.05, 4.69) is 19.2 Å². The number of benzene rings is 1. The number of rotatable bonds is 1. The Bertz CT molecular complexity index is 372. The van der Waals surface area contributed by atoms with Gasteiger partial charge in [0.15, 0.2) is 0 Å². The second-order valence-corrected chi connectivity index (χ2v) is 4.20. The summed E-state index contributed by atoms with van der Waals surface area (Å²) in [7, 11) is 0. The first kappa shape index (κ1) is 9.25. The Morgan fingerprint density at radius 3 is 2.86 bits per heavy atom. The maximum atomic E-state index is 11.7. The summed E-state index contributed by atoms with van der Waals surface area (Å²) >= 11 is 0. The lowest BCUT2D eigenvalue weighted by molar-refractivity contribution is 0.0885. The van der Waals surface area contributed by atoms with Crippen molar-refractivity contribution in [3.05, 3.63) is 35.4 Å². The van der Waals surface area contributed by atoms with Crippen LogP contribution in [-0.4, -0.2) is 11.4 Å². The molecule has 0 spiro atoms. The predicted octanol–water partition coefficient (Wildman–Crippen LogP) is 2.14. The van der Waals surface area contributed by atoms with E-state index in [1.54, 1.807) is 0 Å². The molecule has 1 heterocycles. The van der Waals surface area contributed by atoms with Gasteiger partial charge in [-0.05, 0) is 31.4 Å².